The lowest BCUT2D eigenvalue weighted by molar-refractivity contribution is -0.104. The molecule has 0 bridgehead atoms. The van der Waals surface area contributed by atoms with Crippen molar-refractivity contribution in [1.29, 1.82) is 0 Å². The molecular weight excluding hydrogens is 1300 g/mol. The van der Waals surface area contributed by atoms with Crippen LogP contribution < -0.4 is 20.9 Å². The number of carbonyl (C=O) groups excluding carboxylic acids is 4. The Kier molecular flexibility index (Phi) is 21.0. The first-order chi connectivity index (χ1) is 44.8. The molecule has 0 radical (unpaired) electrons. The predicted molar refractivity (Wildman–Crippen MR) is 286 cm³/mol. The predicted octanol–water partition coefficient (Wildman–Crippen LogP) is 8.14. The first-order valence-corrected chi connectivity index (χ1v) is 28.0. The molecule has 3 saturated heterocycles. The molecule has 2 unspecified atom stereocenters. The quantitative estimate of drug-likeness (QED) is 0.0155. The van der Waals surface area contributed by atoms with Crippen LogP contribution in [0.4, 0.5) is 83.5 Å². The maximum atomic E-state index is 14.1. The van der Waals surface area contributed by atoms with Crippen LogP contribution >= 0.6 is 0 Å². The number of nitrogens with zero attached hydrogens (tertiary/aromatic N) is 8. The fraction of sp³-hybridized carbons (Fsp3) is 0.464. The number of imidazole rings is 2. The number of hydrogen-bond donors (Lipinski definition) is 4. The number of fused-ring (bicyclic) bond motifs is 4. The highest BCUT2D eigenvalue weighted by Crippen LogP contribution is 2.44. The Balaban J connectivity index is 0.000000200. The number of rotatable bonds is 9. The average molecular weight is 1350 g/mol. The number of anilines is 2. The van der Waals surface area contributed by atoms with Gasteiger partial charge in [0.15, 0.2) is 46.2 Å². The summed E-state index contributed by atoms with van der Waals surface area (Å²) >= 11 is 0. The number of carbonyl (C=O) groups is 4. The molecule has 5 fully saturated rings. The van der Waals surface area contributed by atoms with Crippen LogP contribution in [0.5, 0.6) is 11.5 Å². The zero-order valence-corrected chi connectivity index (χ0v) is 48.1. The lowest BCUT2D eigenvalue weighted by Gasteiger charge is -2.30. The number of cyclic esters (lactones) is 3. The van der Waals surface area contributed by atoms with Crippen LogP contribution in [0.25, 0.3) is 22.3 Å². The highest BCUT2D eigenvalue weighted by molar-refractivity contribution is 5.82. The molecule has 4 aromatic heterocycles. The summed E-state index contributed by atoms with van der Waals surface area (Å²) < 4.78 is 218. The maximum Gasteiger partial charge on any atom is 0.514 e. The normalized spacial score (nSPS) is 25.2. The largest absolute Gasteiger partial charge is 0.514 e. The Morgan fingerprint density at radius 1 is 0.596 bits per heavy atom. The van der Waals surface area contributed by atoms with E-state index in [-0.39, 0.29) is 72.8 Å². The number of aliphatic hydroxyl groups is 2. The van der Waals surface area contributed by atoms with Gasteiger partial charge in [0.2, 0.25) is 80.9 Å². The highest BCUT2D eigenvalue weighted by atomic mass is 19.2. The third-order valence-corrected chi connectivity index (χ3v) is 15.9. The molecule has 7 heterocycles. The molecule has 0 amide bonds. The molecule has 0 spiro atoms. The van der Waals surface area contributed by atoms with E-state index in [0.717, 1.165) is 49.4 Å². The van der Waals surface area contributed by atoms with E-state index >= 15 is 0 Å². The zero-order chi connectivity index (χ0) is 68.1. The SMILES string of the molecule is C#C[C@@]12COC(=O)OCC3CCCCC3COC(=O)O[C@H]1C[C@H](n1cnc3c(N)nc(F)nc31)O2.C#C[C@]1(COC(=O)Oc2c(F)c(F)c(F)c(F)c2F)O[C@@H](n2cnc3c(N)nc(F)nc32)C[C@@H]1OC(=O)Oc1c(F)c(F)c(F)c(F)c1F.OC[C@@H]1CCCC[C@@H]1CO. The second kappa shape index (κ2) is 28.7. The first kappa shape index (κ1) is 68.7. The molecule has 6 aromatic rings. The molecule has 11 rings (SSSR count). The third kappa shape index (κ3) is 14.1. The van der Waals surface area contributed by atoms with Crippen molar-refractivity contribution in [2.45, 2.75) is 100 Å². The minimum atomic E-state index is -2.62. The summed E-state index contributed by atoms with van der Waals surface area (Å²) in [6, 6.07) is 0. The molecular formula is C56H50F12N10O16. The van der Waals surface area contributed by atoms with Gasteiger partial charge in [0.1, 0.15) is 25.7 Å². The van der Waals surface area contributed by atoms with Gasteiger partial charge in [0.05, 0.1) is 25.9 Å². The Hall–Kier alpha value is -9.66. The van der Waals surface area contributed by atoms with Crippen molar-refractivity contribution in [3.63, 3.8) is 0 Å². The molecule has 3 aliphatic heterocycles. The van der Waals surface area contributed by atoms with E-state index in [1.807, 2.05) is 5.92 Å². The number of nitrogens with two attached hydrogens (primary N) is 2. The summed E-state index contributed by atoms with van der Waals surface area (Å²) in [7, 11) is 0. The first-order valence-electron chi connectivity index (χ1n) is 28.0. The van der Waals surface area contributed by atoms with E-state index < -0.39 is 168 Å². The fourth-order valence-corrected chi connectivity index (χ4v) is 11.0. The number of aromatic nitrogens is 8. The fourth-order valence-electron chi connectivity index (χ4n) is 11.0. The van der Waals surface area contributed by atoms with Gasteiger partial charge in [0, 0.05) is 26.1 Å². The van der Waals surface area contributed by atoms with Gasteiger partial charge in [-0.25, -0.2) is 55.5 Å². The van der Waals surface area contributed by atoms with Crippen molar-refractivity contribution in [3.05, 3.63) is 83.0 Å². The molecule has 10 atom stereocenters. The number of hydrogen-bond acceptors (Lipinski definition) is 24. The van der Waals surface area contributed by atoms with Crippen molar-refractivity contribution < 1.29 is 129 Å². The molecule has 2 saturated carbocycles. The average Bonchev–Trinajstić information content (AvgIpc) is 1.60. The third-order valence-electron chi connectivity index (χ3n) is 15.9. The Morgan fingerprint density at radius 2 is 1.04 bits per heavy atom. The van der Waals surface area contributed by atoms with Crippen LogP contribution in [0.15, 0.2) is 12.7 Å². The van der Waals surface area contributed by atoms with E-state index in [9.17, 15) is 71.9 Å². The van der Waals surface area contributed by atoms with Crippen molar-refractivity contribution in [1.82, 2.24) is 39.0 Å². The van der Waals surface area contributed by atoms with Gasteiger partial charge in [-0.1, -0.05) is 37.5 Å². The van der Waals surface area contributed by atoms with Gasteiger partial charge >= 0.3 is 36.8 Å². The molecule has 504 valence electrons. The Bertz CT molecular complexity index is 3900. The number of halogens is 12. The summed E-state index contributed by atoms with van der Waals surface area (Å²) in [5, 5.41) is 17.8. The number of benzene rings is 2. The van der Waals surface area contributed by atoms with Gasteiger partial charge < -0.3 is 69.0 Å². The smallest absolute Gasteiger partial charge is 0.434 e. The number of aliphatic hydroxyl groups excluding tert-OH is 2. The van der Waals surface area contributed by atoms with Crippen molar-refractivity contribution in [3.8, 4) is 36.2 Å². The van der Waals surface area contributed by atoms with Crippen LogP contribution in [0.2, 0.25) is 0 Å². The molecule has 26 nitrogen and oxygen atoms in total. The molecule has 2 aromatic carbocycles. The Labute approximate surface area is 520 Å². The van der Waals surface area contributed by atoms with Crippen LogP contribution in [-0.2, 0) is 37.9 Å². The van der Waals surface area contributed by atoms with Gasteiger partial charge in [-0.2, -0.15) is 46.3 Å². The standard InChI is InChI=1S/C26H10F11N5O7.C22H24FN5O7.C8H16O2/c1-2-26(4-45-24(43)47-19-14(33)10(29)8(27)11(30)15(19)34)6(46-25(44)48-20-16(35)12(31)9(28)13(32)17(20)36)3-7(49-26)42-5-39-18-21(38)40-23(37)41-22(18)42;1-2-22-10-33-20(29)31-8-12-5-3-4-6-13(12)9-32-21(30)34-14(22)7-15(35-22)28-11-25-16-17(24)26-19(23)27-18(16)28;9-5-7-3-1-2-4-8(7)6-10/h1,5-7H,3-4H2,(H2,38,40,41);1,11-15H,3-10H2,(H2,24,26,27);7-10H,1-6H2/t6-,7+,26+;12?,13?,14-,15+,22+;7-,8+/m00./s1. The van der Waals surface area contributed by atoms with Gasteiger partial charge in [0.25, 0.3) is 0 Å². The lowest BCUT2D eigenvalue weighted by atomic mass is 9.80. The minimum Gasteiger partial charge on any atom is -0.434 e. The monoisotopic (exact) mass is 1350 g/mol. The maximum absolute atomic E-state index is 14.1. The van der Waals surface area contributed by atoms with E-state index in [0.29, 0.717) is 11.8 Å². The molecule has 6 N–H and O–H groups in total. The van der Waals surface area contributed by atoms with Crippen LogP contribution in [-0.4, -0.2) is 137 Å². The topological polar surface area (TPSA) is 340 Å². The van der Waals surface area contributed by atoms with Crippen molar-refractivity contribution in [2.75, 3.05) is 51.1 Å². The van der Waals surface area contributed by atoms with Crippen LogP contribution in [0.1, 0.15) is 76.7 Å². The number of terminal acetylenes is 2. The Morgan fingerprint density at radius 3 is 1.51 bits per heavy atom. The summed E-state index contributed by atoms with van der Waals surface area (Å²) in [4.78, 5) is 71.7. The van der Waals surface area contributed by atoms with Crippen LogP contribution in [0, 0.1) is 119 Å². The minimum absolute atomic E-state index is 0.0146. The van der Waals surface area contributed by atoms with Gasteiger partial charge in [-0.15, -0.1) is 12.8 Å². The van der Waals surface area contributed by atoms with E-state index in [4.69, 9.17) is 67.7 Å². The molecule has 94 heavy (non-hydrogen) atoms. The summed E-state index contributed by atoms with van der Waals surface area (Å²) in [5.41, 5.74) is 6.69. The summed E-state index contributed by atoms with van der Waals surface area (Å²) in [6.07, 6.45) is 6.96. The second-order valence-electron chi connectivity index (χ2n) is 21.5. The molecule has 2 aliphatic carbocycles. The second-order valence-corrected chi connectivity index (χ2v) is 21.5. The van der Waals surface area contributed by atoms with Gasteiger partial charge in [-0.3, -0.25) is 9.13 Å². The van der Waals surface area contributed by atoms with Gasteiger partial charge in [-0.05, 0) is 49.4 Å². The highest BCUT2D eigenvalue weighted by Gasteiger charge is 2.55. The van der Waals surface area contributed by atoms with Crippen molar-refractivity contribution in [2.24, 2.45) is 23.7 Å². The molecule has 38 heteroatoms. The van der Waals surface area contributed by atoms with E-state index in [1.165, 1.54) is 23.7 Å². The van der Waals surface area contributed by atoms with E-state index in [2.05, 4.69) is 50.0 Å². The summed E-state index contributed by atoms with van der Waals surface area (Å²) in [5.74, 6) is -25.3. The summed E-state index contributed by atoms with van der Waals surface area (Å²) in [6.45, 7) is -1.07. The van der Waals surface area contributed by atoms with Crippen molar-refractivity contribution >= 4 is 58.6 Å². The van der Waals surface area contributed by atoms with Crippen LogP contribution in [0.3, 0.4) is 0 Å². The number of nitrogen functional groups attached to an aromatic ring is 2. The zero-order valence-electron chi connectivity index (χ0n) is 48.1. The number of ether oxygens (including phenoxy) is 10. The lowest BCUT2D eigenvalue weighted by Crippen LogP contribution is -2.46. The van der Waals surface area contributed by atoms with E-state index in [1.54, 1.807) is 0 Å². The molecule has 5 aliphatic rings.